The molecule has 0 aromatic carbocycles. The predicted molar refractivity (Wildman–Crippen MR) is 251 cm³/mol. The highest BCUT2D eigenvalue weighted by Crippen LogP contribution is 2.17. The molecule has 0 aliphatic heterocycles. The van der Waals surface area contributed by atoms with Crippen LogP contribution >= 0.6 is 0 Å². The third kappa shape index (κ3) is 40.2. The summed E-state index contributed by atoms with van der Waals surface area (Å²) in [6.45, 7) is 4.07. The van der Waals surface area contributed by atoms with Gasteiger partial charge in [0.25, 0.3) is 0 Å². The van der Waals surface area contributed by atoms with Gasteiger partial charge in [-0.25, -0.2) is 0 Å². The molecule has 0 aromatic heterocycles. The molecule has 6 nitrogen and oxygen atoms in total. The van der Waals surface area contributed by atoms with Gasteiger partial charge in [0.15, 0.2) is 0 Å². The van der Waals surface area contributed by atoms with E-state index in [0.29, 0.717) is 12.8 Å². The highest BCUT2D eigenvalue weighted by atomic mass is 16.3. The summed E-state index contributed by atoms with van der Waals surface area (Å²) in [6.07, 6.45) is 55.0. The summed E-state index contributed by atoms with van der Waals surface area (Å²) in [5, 5.41) is 43.9. The Balaban J connectivity index is 3.68. The quantitative estimate of drug-likeness (QED) is 0.0310. The monoisotopic (exact) mass is 820 g/mol. The summed E-state index contributed by atoms with van der Waals surface area (Å²) in [5.41, 5.74) is 0. The molecule has 0 heterocycles. The van der Waals surface area contributed by atoms with Gasteiger partial charge < -0.3 is 25.7 Å². The number of hydrogen-bond acceptors (Lipinski definition) is 5. The highest BCUT2D eigenvalue weighted by molar-refractivity contribution is 5.80. The lowest BCUT2D eigenvalue weighted by Crippen LogP contribution is -2.53. The summed E-state index contributed by atoms with van der Waals surface area (Å²) < 4.78 is 0. The van der Waals surface area contributed by atoms with Gasteiger partial charge in [-0.2, -0.15) is 0 Å². The molecule has 5 N–H and O–H groups in total. The molecule has 0 bridgehead atoms. The first-order valence-electron chi connectivity index (χ1n) is 25.7. The molecule has 0 saturated carbocycles. The first kappa shape index (κ1) is 56.8. The van der Waals surface area contributed by atoms with E-state index in [1.807, 2.05) is 0 Å². The summed E-state index contributed by atoms with van der Waals surface area (Å²) in [7, 11) is 0. The van der Waals surface area contributed by atoms with Crippen LogP contribution in [-0.4, -0.2) is 57.3 Å². The normalized spacial score (nSPS) is 14.1. The Morgan fingerprint density at radius 3 is 1.09 bits per heavy atom. The van der Waals surface area contributed by atoms with Gasteiger partial charge in [-0.15, -0.1) is 0 Å². The number of unbranched alkanes of at least 4 members (excludes halogenated alkanes) is 34. The van der Waals surface area contributed by atoms with Crippen molar-refractivity contribution >= 4 is 5.91 Å². The van der Waals surface area contributed by atoms with Gasteiger partial charge in [-0.05, 0) is 44.9 Å². The molecule has 344 valence electrons. The fourth-order valence-electron chi connectivity index (χ4n) is 8.08. The van der Waals surface area contributed by atoms with Gasteiger partial charge in [0, 0.05) is 0 Å². The van der Waals surface area contributed by atoms with Crippen molar-refractivity contribution in [3.63, 3.8) is 0 Å². The van der Waals surface area contributed by atoms with Crippen molar-refractivity contribution in [1.29, 1.82) is 0 Å². The molecule has 0 saturated heterocycles. The number of aliphatic hydroxyl groups excluding tert-OH is 4. The summed E-state index contributed by atoms with van der Waals surface area (Å²) in [5.74, 6) is -0.586. The Morgan fingerprint density at radius 2 is 0.741 bits per heavy atom. The second-order valence-electron chi connectivity index (χ2n) is 17.9. The molecule has 0 rings (SSSR count). The lowest BCUT2D eigenvalue weighted by Gasteiger charge is -2.27. The van der Waals surface area contributed by atoms with Gasteiger partial charge in [0.2, 0.25) is 5.91 Å². The van der Waals surface area contributed by atoms with Crippen LogP contribution in [0.2, 0.25) is 0 Å². The van der Waals surface area contributed by atoms with Gasteiger partial charge in [-0.3, -0.25) is 4.79 Å². The topological polar surface area (TPSA) is 110 Å². The third-order valence-electron chi connectivity index (χ3n) is 12.2. The number of allylic oxidation sites excluding steroid dienone is 4. The molecule has 4 unspecified atom stereocenters. The van der Waals surface area contributed by atoms with Crippen molar-refractivity contribution in [2.45, 2.75) is 295 Å². The number of amides is 1. The lowest BCUT2D eigenvalue weighted by molar-refractivity contribution is -0.132. The number of carbonyl (C=O) groups is 1. The van der Waals surface area contributed by atoms with E-state index in [2.05, 4.69) is 43.5 Å². The van der Waals surface area contributed by atoms with Crippen molar-refractivity contribution in [1.82, 2.24) is 5.32 Å². The van der Waals surface area contributed by atoms with Gasteiger partial charge in [-0.1, -0.05) is 250 Å². The van der Waals surface area contributed by atoms with Crippen LogP contribution in [0.25, 0.3) is 0 Å². The maximum atomic E-state index is 12.6. The van der Waals surface area contributed by atoms with Crippen LogP contribution in [0.5, 0.6) is 0 Å². The second kappa shape index (κ2) is 46.8. The number of aliphatic hydroxyl groups is 4. The Bertz CT molecular complexity index is 878. The van der Waals surface area contributed by atoms with Gasteiger partial charge >= 0.3 is 0 Å². The average Bonchev–Trinajstić information content (AvgIpc) is 3.23. The van der Waals surface area contributed by atoms with Crippen molar-refractivity contribution in [3.05, 3.63) is 24.3 Å². The summed E-state index contributed by atoms with van der Waals surface area (Å²) >= 11 is 0. The van der Waals surface area contributed by atoms with Crippen LogP contribution in [0.1, 0.15) is 271 Å². The SMILES string of the molecule is CCCCCCCCCCC/C=C\C/C=C\CCCCCCCCCCC(O)C(=O)NC(CO)C(O)C(O)CCCCCCCCCCCCCCCCCCCC. The van der Waals surface area contributed by atoms with Crippen molar-refractivity contribution in [2.75, 3.05) is 6.61 Å². The maximum Gasteiger partial charge on any atom is 0.249 e. The molecule has 58 heavy (non-hydrogen) atoms. The Kier molecular flexibility index (Phi) is 45.9. The average molecular weight is 820 g/mol. The smallest absolute Gasteiger partial charge is 0.249 e. The first-order valence-corrected chi connectivity index (χ1v) is 25.7. The maximum absolute atomic E-state index is 12.6. The molecule has 0 aliphatic carbocycles. The Labute approximate surface area is 361 Å². The van der Waals surface area contributed by atoms with E-state index >= 15 is 0 Å². The van der Waals surface area contributed by atoms with E-state index in [1.54, 1.807) is 0 Å². The zero-order valence-corrected chi connectivity index (χ0v) is 38.8. The van der Waals surface area contributed by atoms with E-state index in [-0.39, 0.29) is 0 Å². The minimum Gasteiger partial charge on any atom is -0.394 e. The lowest BCUT2D eigenvalue weighted by atomic mass is 9.99. The predicted octanol–water partition coefficient (Wildman–Crippen LogP) is 14.3. The van der Waals surface area contributed by atoms with E-state index in [1.165, 1.54) is 199 Å². The third-order valence-corrected chi connectivity index (χ3v) is 12.2. The van der Waals surface area contributed by atoms with Gasteiger partial charge in [0.05, 0.1) is 18.8 Å². The largest absolute Gasteiger partial charge is 0.394 e. The summed E-state index contributed by atoms with van der Waals surface area (Å²) in [6, 6.07) is -0.987. The molecule has 4 atom stereocenters. The van der Waals surface area contributed by atoms with Crippen LogP contribution in [0.3, 0.4) is 0 Å². The number of hydrogen-bond donors (Lipinski definition) is 5. The standard InChI is InChI=1S/C52H101NO5/c1-3-5-7-9-11-13-15-17-19-21-23-24-25-26-27-28-30-32-34-36-38-40-42-44-46-50(56)52(58)53-48(47-54)51(57)49(55)45-43-41-39-37-35-33-31-29-22-20-18-16-14-12-10-8-6-4-2/h23-24,26-27,48-51,54-57H,3-22,25,28-47H2,1-2H3,(H,53,58)/b24-23-,27-26-. The molecule has 6 heteroatoms. The Morgan fingerprint density at radius 1 is 0.431 bits per heavy atom. The van der Waals surface area contributed by atoms with Crippen LogP contribution < -0.4 is 5.32 Å². The summed E-state index contributed by atoms with van der Waals surface area (Å²) in [4.78, 5) is 12.6. The highest BCUT2D eigenvalue weighted by Gasteiger charge is 2.28. The number of rotatable bonds is 47. The van der Waals surface area contributed by atoms with Gasteiger partial charge in [0.1, 0.15) is 12.2 Å². The van der Waals surface area contributed by atoms with E-state index in [9.17, 15) is 25.2 Å². The molecule has 0 fully saturated rings. The van der Waals surface area contributed by atoms with Crippen molar-refractivity contribution < 1.29 is 25.2 Å². The molecule has 0 aliphatic rings. The van der Waals surface area contributed by atoms with Crippen LogP contribution in [-0.2, 0) is 4.79 Å². The molecular weight excluding hydrogens is 719 g/mol. The molecule has 0 spiro atoms. The fraction of sp³-hybridized carbons (Fsp3) is 0.904. The van der Waals surface area contributed by atoms with E-state index in [4.69, 9.17) is 0 Å². The van der Waals surface area contributed by atoms with Crippen LogP contribution in [0, 0.1) is 0 Å². The number of nitrogens with one attached hydrogen (secondary N) is 1. The number of carbonyl (C=O) groups excluding carboxylic acids is 1. The minimum absolute atomic E-state index is 0.364. The molecule has 0 aromatic rings. The Hall–Kier alpha value is -1.21. The minimum atomic E-state index is -1.26. The van der Waals surface area contributed by atoms with E-state index in [0.717, 1.165) is 44.9 Å². The first-order chi connectivity index (χ1) is 28.5. The molecule has 0 radical (unpaired) electrons. The van der Waals surface area contributed by atoms with Crippen LogP contribution in [0.15, 0.2) is 24.3 Å². The molecule has 1 amide bonds. The fourth-order valence-corrected chi connectivity index (χ4v) is 8.08. The second-order valence-corrected chi connectivity index (χ2v) is 17.9. The van der Waals surface area contributed by atoms with Crippen molar-refractivity contribution in [2.24, 2.45) is 0 Å². The molecular formula is C52H101NO5. The van der Waals surface area contributed by atoms with E-state index < -0.39 is 36.9 Å². The zero-order chi connectivity index (χ0) is 42.4. The van der Waals surface area contributed by atoms with Crippen LogP contribution in [0.4, 0.5) is 0 Å². The zero-order valence-electron chi connectivity index (χ0n) is 38.8. The van der Waals surface area contributed by atoms with Crippen molar-refractivity contribution in [3.8, 4) is 0 Å².